The van der Waals surface area contributed by atoms with Crippen molar-refractivity contribution in [2.24, 2.45) is 5.92 Å². The zero-order valence-corrected chi connectivity index (χ0v) is 18.0. The number of benzene rings is 3. The van der Waals surface area contributed by atoms with E-state index in [9.17, 15) is 0 Å². The highest BCUT2D eigenvalue weighted by Gasteiger charge is 2.21. The fourth-order valence-electron chi connectivity index (χ4n) is 4.83. The van der Waals surface area contributed by atoms with Gasteiger partial charge in [0.2, 0.25) is 0 Å². The number of hydrogen-bond donors (Lipinski definition) is 0. The summed E-state index contributed by atoms with van der Waals surface area (Å²) in [5, 5.41) is 2.55. The van der Waals surface area contributed by atoms with E-state index >= 15 is 0 Å². The van der Waals surface area contributed by atoms with Crippen molar-refractivity contribution in [3.8, 4) is 5.75 Å². The summed E-state index contributed by atoms with van der Waals surface area (Å²) in [5.74, 6) is 2.71. The van der Waals surface area contributed by atoms with Crippen LogP contribution in [0.2, 0.25) is 0 Å². The van der Waals surface area contributed by atoms with Crippen molar-refractivity contribution in [3.05, 3.63) is 77.4 Å². The Morgan fingerprint density at radius 2 is 1.38 bits per heavy atom. The summed E-state index contributed by atoms with van der Waals surface area (Å²) in [6.45, 7) is 5.08. The van der Waals surface area contributed by atoms with Crippen LogP contribution in [0, 0.1) is 5.92 Å². The summed E-state index contributed by atoms with van der Waals surface area (Å²) in [6.07, 6.45) is 9.12. The van der Waals surface area contributed by atoms with Crippen molar-refractivity contribution >= 4 is 10.8 Å². The molecule has 29 heavy (non-hydrogen) atoms. The van der Waals surface area contributed by atoms with Gasteiger partial charge in [0.1, 0.15) is 5.75 Å². The molecule has 0 spiro atoms. The molecule has 1 aliphatic carbocycles. The number of rotatable bonds is 7. The van der Waals surface area contributed by atoms with Crippen LogP contribution in [0.5, 0.6) is 5.75 Å². The minimum atomic E-state index is 0.711. The summed E-state index contributed by atoms with van der Waals surface area (Å²) in [4.78, 5) is 0. The molecule has 0 amide bonds. The summed E-state index contributed by atoms with van der Waals surface area (Å²) in [6, 6.07) is 22.7. The van der Waals surface area contributed by atoms with Crippen LogP contribution < -0.4 is 4.74 Å². The zero-order chi connectivity index (χ0) is 20.1. The Labute approximate surface area is 176 Å². The van der Waals surface area contributed by atoms with Crippen molar-refractivity contribution in [3.63, 3.8) is 0 Å². The maximum Gasteiger partial charge on any atom is 0.119 e. The molecule has 0 bridgehead atoms. The van der Waals surface area contributed by atoms with Gasteiger partial charge in [-0.15, -0.1) is 0 Å². The van der Waals surface area contributed by atoms with E-state index in [2.05, 4.69) is 67.6 Å². The van der Waals surface area contributed by atoms with Gasteiger partial charge in [0.25, 0.3) is 0 Å². The smallest absolute Gasteiger partial charge is 0.119 e. The van der Waals surface area contributed by atoms with E-state index in [1.165, 1.54) is 54.0 Å². The molecule has 3 aromatic rings. The van der Waals surface area contributed by atoms with Crippen LogP contribution in [0.3, 0.4) is 0 Å². The number of fused-ring (bicyclic) bond motifs is 1. The molecular weight excluding hydrogens is 352 g/mol. The lowest BCUT2D eigenvalue weighted by molar-refractivity contribution is 0.319. The molecule has 0 unspecified atom stereocenters. The standard InChI is InChI=1S/C28H34O/c1-3-21-7-12-24(13-8-21)25-14-9-22(10-15-25)5-6-23-11-16-27-20-28(29-4-2)18-17-26(27)19-23/h9-11,14-21,24H,3-8,12-13H2,1-2H3. The van der Waals surface area contributed by atoms with Crippen molar-refractivity contribution in [2.45, 2.75) is 64.7 Å². The quantitative estimate of drug-likeness (QED) is 0.404. The molecular formula is C28H34O. The number of ether oxygens (including phenoxy) is 1. The maximum absolute atomic E-state index is 5.61. The van der Waals surface area contributed by atoms with Gasteiger partial charge in [0.05, 0.1) is 6.61 Å². The van der Waals surface area contributed by atoms with Gasteiger partial charge < -0.3 is 4.74 Å². The maximum atomic E-state index is 5.61. The lowest BCUT2D eigenvalue weighted by atomic mass is 9.78. The van der Waals surface area contributed by atoms with E-state index < -0.39 is 0 Å². The van der Waals surface area contributed by atoms with Crippen molar-refractivity contribution in [2.75, 3.05) is 6.61 Å². The second-order valence-electron chi connectivity index (χ2n) is 8.64. The highest BCUT2D eigenvalue weighted by Crippen LogP contribution is 2.37. The van der Waals surface area contributed by atoms with E-state index in [1.54, 1.807) is 5.56 Å². The first-order valence-electron chi connectivity index (χ1n) is 11.5. The van der Waals surface area contributed by atoms with Gasteiger partial charge in [0.15, 0.2) is 0 Å². The predicted octanol–water partition coefficient (Wildman–Crippen LogP) is 7.71. The normalized spacial score (nSPS) is 19.4. The fraction of sp³-hybridized carbons (Fsp3) is 0.429. The van der Waals surface area contributed by atoms with E-state index in [4.69, 9.17) is 4.74 Å². The molecule has 152 valence electrons. The Balaban J connectivity index is 1.35. The molecule has 0 N–H and O–H groups in total. The molecule has 1 fully saturated rings. The van der Waals surface area contributed by atoms with Gasteiger partial charge in [-0.25, -0.2) is 0 Å². The van der Waals surface area contributed by atoms with Crippen LogP contribution in [0.25, 0.3) is 10.8 Å². The Kier molecular flexibility index (Phi) is 6.54. The van der Waals surface area contributed by atoms with Crippen LogP contribution in [0.4, 0.5) is 0 Å². The third-order valence-electron chi connectivity index (χ3n) is 6.76. The fourth-order valence-corrected chi connectivity index (χ4v) is 4.83. The molecule has 1 saturated carbocycles. The largest absolute Gasteiger partial charge is 0.494 e. The summed E-state index contributed by atoms with van der Waals surface area (Å²) >= 11 is 0. The molecule has 4 rings (SSSR count). The van der Waals surface area contributed by atoms with Gasteiger partial charge in [-0.05, 0) is 96.9 Å². The third kappa shape index (κ3) is 5.01. The molecule has 0 saturated heterocycles. The average Bonchev–Trinajstić information content (AvgIpc) is 2.78. The Morgan fingerprint density at radius 1 is 0.724 bits per heavy atom. The lowest BCUT2D eigenvalue weighted by Crippen LogP contribution is -2.12. The topological polar surface area (TPSA) is 9.23 Å². The summed E-state index contributed by atoms with van der Waals surface area (Å²) < 4.78 is 5.61. The second kappa shape index (κ2) is 9.48. The van der Waals surface area contributed by atoms with Gasteiger partial charge >= 0.3 is 0 Å². The SMILES string of the molecule is CCOc1ccc2cc(CCc3ccc(C4CCC(CC)CC4)cc3)ccc2c1. The first-order valence-corrected chi connectivity index (χ1v) is 11.5. The monoisotopic (exact) mass is 386 g/mol. The van der Waals surface area contributed by atoms with Gasteiger partial charge in [-0.2, -0.15) is 0 Å². The highest BCUT2D eigenvalue weighted by atomic mass is 16.5. The van der Waals surface area contributed by atoms with Crippen LogP contribution in [0.15, 0.2) is 60.7 Å². The minimum absolute atomic E-state index is 0.711. The van der Waals surface area contributed by atoms with Crippen LogP contribution in [-0.4, -0.2) is 6.61 Å². The lowest BCUT2D eigenvalue weighted by Gasteiger charge is -2.28. The predicted molar refractivity (Wildman–Crippen MR) is 124 cm³/mol. The van der Waals surface area contributed by atoms with Crippen molar-refractivity contribution < 1.29 is 4.74 Å². The van der Waals surface area contributed by atoms with Gasteiger partial charge in [-0.3, -0.25) is 0 Å². The highest BCUT2D eigenvalue weighted by molar-refractivity contribution is 5.84. The molecule has 0 radical (unpaired) electrons. The second-order valence-corrected chi connectivity index (χ2v) is 8.64. The van der Waals surface area contributed by atoms with E-state index in [0.29, 0.717) is 6.61 Å². The van der Waals surface area contributed by atoms with E-state index in [0.717, 1.165) is 30.4 Å². The number of hydrogen-bond acceptors (Lipinski definition) is 1. The molecule has 0 heterocycles. The molecule has 0 aromatic heterocycles. The first-order chi connectivity index (χ1) is 14.2. The first kappa shape index (κ1) is 20.0. The van der Waals surface area contributed by atoms with Crippen LogP contribution in [0.1, 0.15) is 68.6 Å². The zero-order valence-electron chi connectivity index (χ0n) is 18.0. The Morgan fingerprint density at radius 3 is 2.10 bits per heavy atom. The van der Waals surface area contributed by atoms with Gasteiger partial charge in [0, 0.05) is 0 Å². The van der Waals surface area contributed by atoms with Crippen molar-refractivity contribution in [1.82, 2.24) is 0 Å². The number of aryl methyl sites for hydroxylation is 2. The molecule has 1 aliphatic rings. The molecule has 1 heteroatoms. The minimum Gasteiger partial charge on any atom is -0.494 e. The summed E-state index contributed by atoms with van der Waals surface area (Å²) in [5.41, 5.74) is 4.41. The van der Waals surface area contributed by atoms with E-state index in [-0.39, 0.29) is 0 Å². The molecule has 0 atom stereocenters. The molecule has 1 nitrogen and oxygen atoms in total. The van der Waals surface area contributed by atoms with Gasteiger partial charge in [-0.1, -0.05) is 61.9 Å². The van der Waals surface area contributed by atoms with Crippen molar-refractivity contribution in [1.29, 1.82) is 0 Å². The Hall–Kier alpha value is -2.28. The van der Waals surface area contributed by atoms with Crippen LogP contribution >= 0.6 is 0 Å². The van der Waals surface area contributed by atoms with E-state index in [1.807, 2.05) is 6.92 Å². The molecule has 0 aliphatic heterocycles. The molecule has 3 aromatic carbocycles. The van der Waals surface area contributed by atoms with Crippen LogP contribution in [-0.2, 0) is 12.8 Å². The summed E-state index contributed by atoms with van der Waals surface area (Å²) in [7, 11) is 0. The Bertz CT molecular complexity index is 917. The average molecular weight is 387 g/mol. The third-order valence-corrected chi connectivity index (χ3v) is 6.76.